The van der Waals surface area contributed by atoms with Gasteiger partial charge in [-0.15, -0.1) is 0 Å². The zero-order valence-corrected chi connectivity index (χ0v) is 11.6. The highest BCUT2D eigenvalue weighted by molar-refractivity contribution is 6.32. The fourth-order valence-electron chi connectivity index (χ4n) is 1.63. The molecule has 0 radical (unpaired) electrons. The summed E-state index contributed by atoms with van der Waals surface area (Å²) in [5.41, 5.74) is 1.11. The number of halogens is 1. The molecular weight excluding hydrogens is 280 g/mol. The monoisotopic (exact) mass is 292 g/mol. The van der Waals surface area contributed by atoms with Gasteiger partial charge >= 0.3 is 5.97 Å². The highest BCUT2D eigenvalue weighted by atomic mass is 35.5. The fourth-order valence-corrected chi connectivity index (χ4v) is 1.86. The van der Waals surface area contributed by atoms with Gasteiger partial charge in [-0.2, -0.15) is 0 Å². The molecule has 0 saturated heterocycles. The second kappa shape index (κ2) is 6.30. The van der Waals surface area contributed by atoms with Crippen LogP contribution < -0.4 is 9.47 Å². The Bertz CT molecular complexity index is 608. The summed E-state index contributed by atoms with van der Waals surface area (Å²) in [6.07, 6.45) is 0. The van der Waals surface area contributed by atoms with Gasteiger partial charge < -0.3 is 14.6 Å². The second-order valence-corrected chi connectivity index (χ2v) is 4.49. The molecule has 104 valence electrons. The van der Waals surface area contributed by atoms with E-state index in [-0.39, 0.29) is 5.56 Å². The van der Waals surface area contributed by atoms with Crippen LogP contribution in [-0.2, 0) is 6.61 Å². The Hall–Kier alpha value is -2.20. The van der Waals surface area contributed by atoms with Crippen LogP contribution in [0.3, 0.4) is 0 Å². The van der Waals surface area contributed by atoms with Gasteiger partial charge in [0.1, 0.15) is 18.1 Å². The number of aromatic carboxylic acids is 1. The van der Waals surface area contributed by atoms with Gasteiger partial charge in [0.25, 0.3) is 0 Å². The van der Waals surface area contributed by atoms with Crippen LogP contribution >= 0.6 is 11.6 Å². The number of carboxylic acid groups (broad SMARTS) is 1. The quantitative estimate of drug-likeness (QED) is 0.914. The Balaban J connectivity index is 2.03. The highest BCUT2D eigenvalue weighted by Crippen LogP contribution is 2.29. The van der Waals surface area contributed by atoms with E-state index in [0.717, 1.165) is 5.56 Å². The zero-order valence-electron chi connectivity index (χ0n) is 10.8. The molecule has 0 aliphatic heterocycles. The summed E-state index contributed by atoms with van der Waals surface area (Å²) in [6, 6.07) is 11.7. The van der Waals surface area contributed by atoms with Crippen molar-refractivity contribution < 1.29 is 19.4 Å². The maximum atomic E-state index is 10.7. The summed E-state index contributed by atoms with van der Waals surface area (Å²) in [5, 5.41) is 9.27. The molecule has 0 fully saturated rings. The van der Waals surface area contributed by atoms with Crippen LogP contribution in [-0.4, -0.2) is 18.2 Å². The lowest BCUT2D eigenvalue weighted by molar-refractivity contribution is 0.0697. The molecule has 1 N–H and O–H groups in total. The molecule has 0 amide bonds. The van der Waals surface area contributed by atoms with Gasteiger partial charge in [-0.05, 0) is 29.8 Å². The summed E-state index contributed by atoms with van der Waals surface area (Å²) in [6.45, 7) is 0.311. The number of hydrogen-bond acceptors (Lipinski definition) is 3. The highest BCUT2D eigenvalue weighted by Gasteiger charge is 2.05. The van der Waals surface area contributed by atoms with E-state index in [1.165, 1.54) is 12.1 Å². The molecule has 0 aromatic heterocycles. The minimum absolute atomic E-state index is 0.247. The van der Waals surface area contributed by atoms with Gasteiger partial charge in [-0.1, -0.05) is 23.7 Å². The smallest absolute Gasteiger partial charge is 0.335 e. The number of rotatable bonds is 5. The number of carbonyl (C=O) groups is 1. The SMILES string of the molecule is COc1ccc(OCc2ccc(C(=O)O)cc2)c(Cl)c1. The normalized spacial score (nSPS) is 10.1. The van der Waals surface area contributed by atoms with Gasteiger partial charge in [-0.3, -0.25) is 0 Å². The van der Waals surface area contributed by atoms with Crippen LogP contribution in [0.4, 0.5) is 0 Å². The molecule has 4 nitrogen and oxygen atoms in total. The predicted octanol–water partition coefficient (Wildman–Crippen LogP) is 3.63. The lowest BCUT2D eigenvalue weighted by Crippen LogP contribution is -1.99. The van der Waals surface area contributed by atoms with Gasteiger partial charge in [-0.25, -0.2) is 4.79 Å². The molecule has 5 heteroatoms. The number of benzene rings is 2. The van der Waals surface area contributed by atoms with Crippen molar-refractivity contribution in [3.05, 3.63) is 58.6 Å². The van der Waals surface area contributed by atoms with Crippen molar-refractivity contribution in [3.63, 3.8) is 0 Å². The molecule has 0 aliphatic carbocycles. The van der Waals surface area contributed by atoms with Crippen molar-refractivity contribution in [1.29, 1.82) is 0 Å². The fraction of sp³-hybridized carbons (Fsp3) is 0.133. The molecule has 0 spiro atoms. The van der Waals surface area contributed by atoms with E-state index in [1.54, 1.807) is 37.4 Å². The molecule has 0 aliphatic rings. The van der Waals surface area contributed by atoms with Crippen molar-refractivity contribution in [3.8, 4) is 11.5 Å². The number of hydrogen-bond donors (Lipinski definition) is 1. The minimum atomic E-state index is -0.948. The molecule has 2 aromatic carbocycles. The molecule has 2 aromatic rings. The Labute approximate surface area is 121 Å². The van der Waals surface area contributed by atoms with E-state index in [1.807, 2.05) is 0 Å². The Morgan fingerprint density at radius 3 is 2.45 bits per heavy atom. The van der Waals surface area contributed by atoms with Crippen LogP contribution in [0.15, 0.2) is 42.5 Å². The van der Waals surface area contributed by atoms with Crippen LogP contribution in [0.25, 0.3) is 0 Å². The third-order valence-corrected chi connectivity index (χ3v) is 3.03. The van der Waals surface area contributed by atoms with Crippen molar-refractivity contribution in [2.75, 3.05) is 7.11 Å². The lowest BCUT2D eigenvalue weighted by Gasteiger charge is -2.09. The summed E-state index contributed by atoms with van der Waals surface area (Å²) in [5.74, 6) is 0.263. The van der Waals surface area contributed by atoms with E-state index in [4.69, 9.17) is 26.2 Å². The largest absolute Gasteiger partial charge is 0.497 e. The third-order valence-electron chi connectivity index (χ3n) is 2.73. The average Bonchev–Trinajstić information content (AvgIpc) is 2.46. The van der Waals surface area contributed by atoms with Gasteiger partial charge in [0.15, 0.2) is 0 Å². The Morgan fingerprint density at radius 1 is 1.20 bits per heavy atom. The Kier molecular flexibility index (Phi) is 4.48. The molecule has 0 heterocycles. The summed E-state index contributed by atoms with van der Waals surface area (Å²) in [4.78, 5) is 10.7. The minimum Gasteiger partial charge on any atom is -0.497 e. The Morgan fingerprint density at radius 2 is 1.90 bits per heavy atom. The first kappa shape index (κ1) is 14.2. The molecule has 0 atom stereocenters. The van der Waals surface area contributed by atoms with Crippen LogP contribution in [0.2, 0.25) is 5.02 Å². The van der Waals surface area contributed by atoms with Crippen molar-refractivity contribution >= 4 is 17.6 Å². The third kappa shape index (κ3) is 3.42. The van der Waals surface area contributed by atoms with Gasteiger partial charge in [0.2, 0.25) is 0 Å². The van der Waals surface area contributed by atoms with Crippen molar-refractivity contribution in [2.45, 2.75) is 6.61 Å². The number of methoxy groups -OCH3 is 1. The summed E-state index contributed by atoms with van der Waals surface area (Å²) >= 11 is 6.06. The number of carboxylic acids is 1. The van der Waals surface area contributed by atoms with E-state index in [2.05, 4.69) is 0 Å². The predicted molar refractivity (Wildman–Crippen MR) is 75.7 cm³/mol. The molecule has 20 heavy (non-hydrogen) atoms. The molecule has 0 bridgehead atoms. The van der Waals surface area contributed by atoms with Gasteiger partial charge in [0, 0.05) is 6.07 Å². The van der Waals surface area contributed by atoms with E-state index in [9.17, 15) is 4.79 Å². The second-order valence-electron chi connectivity index (χ2n) is 4.09. The molecule has 2 rings (SSSR count). The molecule has 0 saturated carbocycles. The first-order valence-electron chi connectivity index (χ1n) is 5.88. The first-order chi connectivity index (χ1) is 9.60. The molecular formula is C15H13ClO4. The summed E-state index contributed by atoms with van der Waals surface area (Å²) in [7, 11) is 1.57. The van der Waals surface area contributed by atoms with Crippen molar-refractivity contribution in [2.24, 2.45) is 0 Å². The average molecular weight is 293 g/mol. The van der Waals surface area contributed by atoms with E-state index < -0.39 is 5.97 Å². The maximum Gasteiger partial charge on any atom is 0.335 e. The van der Waals surface area contributed by atoms with Crippen LogP contribution in [0.1, 0.15) is 15.9 Å². The van der Waals surface area contributed by atoms with Gasteiger partial charge in [0.05, 0.1) is 17.7 Å². The molecule has 0 unspecified atom stereocenters. The topological polar surface area (TPSA) is 55.8 Å². The first-order valence-corrected chi connectivity index (χ1v) is 6.26. The van der Waals surface area contributed by atoms with E-state index in [0.29, 0.717) is 23.1 Å². The zero-order chi connectivity index (χ0) is 14.5. The van der Waals surface area contributed by atoms with Crippen molar-refractivity contribution in [1.82, 2.24) is 0 Å². The lowest BCUT2D eigenvalue weighted by atomic mass is 10.1. The maximum absolute atomic E-state index is 10.7. The van der Waals surface area contributed by atoms with Crippen LogP contribution in [0, 0.1) is 0 Å². The number of ether oxygens (including phenoxy) is 2. The standard InChI is InChI=1S/C15H13ClO4/c1-19-12-6-7-14(13(16)8-12)20-9-10-2-4-11(5-3-10)15(17)18/h2-8H,9H2,1H3,(H,17,18). The summed E-state index contributed by atoms with van der Waals surface area (Å²) < 4.78 is 10.6. The van der Waals surface area contributed by atoms with E-state index >= 15 is 0 Å². The van der Waals surface area contributed by atoms with Crippen LogP contribution in [0.5, 0.6) is 11.5 Å².